The monoisotopic (exact) mass is 383 g/mol. The molecule has 0 bridgehead atoms. The van der Waals surface area contributed by atoms with E-state index in [2.05, 4.69) is 51.8 Å². The van der Waals surface area contributed by atoms with E-state index in [0.717, 1.165) is 22.6 Å². The Morgan fingerprint density at radius 3 is 2.63 bits per heavy atom. The van der Waals surface area contributed by atoms with Gasteiger partial charge in [0.2, 0.25) is 0 Å². The topological polar surface area (TPSA) is 80.0 Å². The minimum absolute atomic E-state index is 0.122. The van der Waals surface area contributed by atoms with Crippen molar-refractivity contribution in [2.45, 2.75) is 39.9 Å². The molecule has 2 aromatic heterocycles. The minimum atomic E-state index is 0.122. The summed E-state index contributed by atoms with van der Waals surface area (Å²) < 4.78 is 1.95. The van der Waals surface area contributed by atoms with Crippen LogP contribution in [0, 0.1) is 13.8 Å². The van der Waals surface area contributed by atoms with E-state index in [1.54, 1.807) is 11.3 Å². The zero-order chi connectivity index (χ0) is 19.2. The molecule has 0 fully saturated rings. The maximum absolute atomic E-state index is 4.70. The lowest BCUT2D eigenvalue weighted by Gasteiger charge is -2.18. The van der Waals surface area contributed by atoms with Gasteiger partial charge in [-0.2, -0.15) is 0 Å². The van der Waals surface area contributed by atoms with Gasteiger partial charge < -0.3 is 15.2 Å². The van der Waals surface area contributed by atoms with Gasteiger partial charge in [-0.3, -0.25) is 0 Å². The molecule has 1 unspecified atom stereocenters. The predicted molar refractivity (Wildman–Crippen MR) is 109 cm³/mol. The molecule has 0 aliphatic carbocycles. The van der Waals surface area contributed by atoms with E-state index in [-0.39, 0.29) is 6.04 Å². The van der Waals surface area contributed by atoms with Crippen LogP contribution in [0.25, 0.3) is 0 Å². The molecular formula is C19H25N7S. The molecule has 0 spiro atoms. The van der Waals surface area contributed by atoms with Gasteiger partial charge in [0, 0.05) is 18.1 Å². The maximum Gasteiger partial charge on any atom is 0.192 e. The van der Waals surface area contributed by atoms with Crippen LogP contribution >= 0.6 is 11.3 Å². The maximum atomic E-state index is 4.70. The first-order valence-electron chi connectivity index (χ1n) is 8.89. The van der Waals surface area contributed by atoms with Crippen LogP contribution in [0.4, 0.5) is 0 Å². The number of aryl methyl sites for hydroxylation is 2. The van der Waals surface area contributed by atoms with Crippen LogP contribution < -0.4 is 10.6 Å². The number of benzene rings is 1. The van der Waals surface area contributed by atoms with Crippen molar-refractivity contribution in [1.29, 1.82) is 0 Å². The van der Waals surface area contributed by atoms with Gasteiger partial charge >= 0.3 is 0 Å². The highest BCUT2D eigenvalue weighted by molar-refractivity contribution is 7.11. The van der Waals surface area contributed by atoms with Crippen LogP contribution in [-0.4, -0.2) is 25.7 Å². The molecule has 8 heteroatoms. The summed E-state index contributed by atoms with van der Waals surface area (Å²) in [6, 6.07) is 10.4. The van der Waals surface area contributed by atoms with Crippen molar-refractivity contribution >= 4 is 17.3 Å². The third-order valence-corrected chi connectivity index (χ3v) is 5.20. The van der Waals surface area contributed by atoms with Crippen LogP contribution in [-0.2, 0) is 20.1 Å². The number of nitrogens with zero attached hydrogens (tertiary/aromatic N) is 5. The van der Waals surface area contributed by atoms with Gasteiger partial charge in [-0.15, -0.1) is 21.5 Å². The van der Waals surface area contributed by atoms with Crippen molar-refractivity contribution < 1.29 is 0 Å². The van der Waals surface area contributed by atoms with Gasteiger partial charge in [0.15, 0.2) is 11.8 Å². The highest BCUT2D eigenvalue weighted by Gasteiger charge is 2.10. The highest BCUT2D eigenvalue weighted by atomic mass is 32.1. The standard InChI is InChI=1S/C19H25N7S/c1-13-10-20-18(27-13)12-22-19(21-11-17-25-24-15(3)26(17)4)23-14(2)16-8-6-5-7-9-16/h5-10,14H,11-12H2,1-4H3,(H2,21,22,23). The molecule has 0 radical (unpaired) electrons. The second-order valence-corrected chi connectivity index (χ2v) is 7.70. The van der Waals surface area contributed by atoms with Crippen molar-refractivity contribution in [3.05, 3.63) is 63.6 Å². The van der Waals surface area contributed by atoms with E-state index in [0.29, 0.717) is 13.1 Å². The van der Waals surface area contributed by atoms with Gasteiger partial charge in [-0.05, 0) is 26.3 Å². The Bertz CT molecular complexity index is 898. The zero-order valence-corrected chi connectivity index (χ0v) is 16.9. The Labute approximate surface area is 163 Å². The summed E-state index contributed by atoms with van der Waals surface area (Å²) in [5.74, 6) is 2.42. The van der Waals surface area contributed by atoms with Crippen LogP contribution in [0.2, 0.25) is 0 Å². The third kappa shape index (κ3) is 5.13. The first kappa shape index (κ1) is 19.0. The molecule has 3 aromatic rings. The number of hydrogen-bond donors (Lipinski definition) is 2. The van der Waals surface area contributed by atoms with Crippen LogP contribution in [0.15, 0.2) is 41.5 Å². The number of thiazole rings is 1. The number of guanidine groups is 1. The van der Waals surface area contributed by atoms with E-state index in [1.807, 2.05) is 42.9 Å². The molecular weight excluding hydrogens is 358 g/mol. The van der Waals surface area contributed by atoms with Crippen molar-refractivity contribution in [3.63, 3.8) is 0 Å². The first-order valence-corrected chi connectivity index (χ1v) is 9.70. The Hall–Kier alpha value is -2.74. The molecule has 142 valence electrons. The first-order chi connectivity index (χ1) is 13.0. The normalized spacial score (nSPS) is 12.8. The molecule has 0 amide bonds. The number of nitrogens with one attached hydrogen (secondary N) is 2. The molecule has 0 aliphatic heterocycles. The summed E-state index contributed by atoms with van der Waals surface area (Å²) in [5.41, 5.74) is 1.20. The smallest absolute Gasteiger partial charge is 0.192 e. The van der Waals surface area contributed by atoms with Crippen LogP contribution in [0.5, 0.6) is 0 Å². The fourth-order valence-corrected chi connectivity index (χ4v) is 3.29. The fraction of sp³-hybridized carbons (Fsp3) is 0.368. The summed E-state index contributed by atoms with van der Waals surface area (Å²) in [7, 11) is 1.95. The number of aromatic nitrogens is 4. The SMILES string of the molecule is Cc1cnc(CNC(=NCc2nnc(C)n2C)NC(C)c2ccccc2)s1. The zero-order valence-electron chi connectivity index (χ0n) is 16.1. The van der Waals surface area contributed by atoms with Gasteiger partial charge in [-0.1, -0.05) is 30.3 Å². The van der Waals surface area contributed by atoms with Crippen molar-refractivity contribution in [2.75, 3.05) is 0 Å². The quantitative estimate of drug-likeness (QED) is 0.505. The highest BCUT2D eigenvalue weighted by Crippen LogP contribution is 2.12. The number of aliphatic imine (C=N–C) groups is 1. The third-order valence-electron chi connectivity index (χ3n) is 4.29. The minimum Gasteiger partial charge on any atom is -0.350 e. The predicted octanol–water partition coefficient (Wildman–Crippen LogP) is 2.89. The van der Waals surface area contributed by atoms with Gasteiger partial charge in [-0.25, -0.2) is 9.98 Å². The summed E-state index contributed by atoms with van der Waals surface area (Å²) in [4.78, 5) is 10.3. The van der Waals surface area contributed by atoms with Gasteiger partial charge in [0.1, 0.15) is 17.4 Å². The van der Waals surface area contributed by atoms with Crippen molar-refractivity contribution in [3.8, 4) is 0 Å². The molecule has 0 saturated carbocycles. The fourth-order valence-electron chi connectivity index (χ4n) is 2.56. The molecule has 2 heterocycles. The average Bonchev–Trinajstić information content (AvgIpc) is 3.24. The molecule has 1 atom stereocenters. The molecule has 0 saturated heterocycles. The molecule has 3 rings (SSSR count). The van der Waals surface area contributed by atoms with Gasteiger partial charge in [0.25, 0.3) is 0 Å². The molecule has 7 nitrogen and oxygen atoms in total. The lowest BCUT2D eigenvalue weighted by atomic mass is 10.1. The van der Waals surface area contributed by atoms with E-state index >= 15 is 0 Å². The Morgan fingerprint density at radius 1 is 1.22 bits per heavy atom. The summed E-state index contributed by atoms with van der Waals surface area (Å²) in [6.07, 6.45) is 1.89. The molecule has 27 heavy (non-hydrogen) atoms. The average molecular weight is 384 g/mol. The lowest BCUT2D eigenvalue weighted by molar-refractivity contribution is 0.675. The summed E-state index contributed by atoms with van der Waals surface area (Å²) in [6.45, 7) is 7.18. The molecule has 0 aliphatic rings. The second-order valence-electron chi connectivity index (χ2n) is 6.38. The van der Waals surface area contributed by atoms with Crippen molar-refractivity contribution in [1.82, 2.24) is 30.4 Å². The number of rotatable bonds is 6. The van der Waals surface area contributed by atoms with Gasteiger partial charge in [0.05, 0.1) is 12.6 Å². The van der Waals surface area contributed by atoms with E-state index in [4.69, 9.17) is 4.99 Å². The second kappa shape index (κ2) is 8.77. The van der Waals surface area contributed by atoms with E-state index in [9.17, 15) is 0 Å². The van der Waals surface area contributed by atoms with Crippen LogP contribution in [0.1, 0.15) is 40.1 Å². The molecule has 1 aromatic carbocycles. The van der Waals surface area contributed by atoms with E-state index < -0.39 is 0 Å². The van der Waals surface area contributed by atoms with E-state index in [1.165, 1.54) is 10.4 Å². The summed E-state index contributed by atoms with van der Waals surface area (Å²) >= 11 is 1.68. The van der Waals surface area contributed by atoms with Crippen molar-refractivity contribution in [2.24, 2.45) is 12.0 Å². The number of hydrogen-bond acceptors (Lipinski definition) is 5. The Balaban J connectivity index is 1.72. The lowest BCUT2D eigenvalue weighted by Crippen LogP contribution is -2.38. The molecule has 2 N–H and O–H groups in total. The Morgan fingerprint density at radius 2 is 2.00 bits per heavy atom. The largest absolute Gasteiger partial charge is 0.350 e. The van der Waals surface area contributed by atoms with Crippen LogP contribution in [0.3, 0.4) is 0 Å². The summed E-state index contributed by atoms with van der Waals surface area (Å²) in [5, 5.41) is 16.2. The Kier molecular flexibility index (Phi) is 6.18.